The van der Waals surface area contributed by atoms with Gasteiger partial charge in [0.2, 0.25) is 0 Å². The fourth-order valence-corrected chi connectivity index (χ4v) is 1.01. The van der Waals surface area contributed by atoms with E-state index in [-0.39, 0.29) is 0 Å². The maximum atomic E-state index is 5.78. The smallest absolute Gasteiger partial charge is 0.0815 e. The van der Waals surface area contributed by atoms with Gasteiger partial charge in [0, 0.05) is 0 Å². The number of aromatic nitrogens is 2. The summed E-state index contributed by atoms with van der Waals surface area (Å²) < 4.78 is 0. The molecule has 0 aliphatic carbocycles. The third-order valence-electron chi connectivity index (χ3n) is 1.45. The summed E-state index contributed by atoms with van der Waals surface area (Å²) in [5, 5.41) is 7.43. The van der Waals surface area contributed by atoms with Gasteiger partial charge in [-0.1, -0.05) is 24.9 Å². The van der Waals surface area contributed by atoms with Crippen molar-refractivity contribution in [3.05, 3.63) is 16.9 Å². The lowest BCUT2D eigenvalue weighted by Crippen LogP contribution is -1.84. The van der Waals surface area contributed by atoms with Crippen LogP contribution in [0, 0.1) is 0 Å². The summed E-state index contributed by atoms with van der Waals surface area (Å²) in [6, 6.07) is 0. The largest absolute Gasteiger partial charge is 0.281 e. The van der Waals surface area contributed by atoms with E-state index in [1.54, 1.807) is 6.20 Å². The molecule has 1 aromatic rings. The van der Waals surface area contributed by atoms with Crippen molar-refractivity contribution in [1.29, 1.82) is 0 Å². The Balaban J connectivity index is 2.49. The molecule has 0 saturated heterocycles. The highest BCUT2D eigenvalue weighted by molar-refractivity contribution is 6.31. The first kappa shape index (κ1) is 7.61. The maximum Gasteiger partial charge on any atom is 0.0815 e. The molecule has 1 heterocycles. The lowest BCUT2D eigenvalue weighted by molar-refractivity contribution is 0.772. The van der Waals surface area contributed by atoms with E-state index < -0.39 is 0 Å². The zero-order chi connectivity index (χ0) is 7.40. The average molecular weight is 159 g/mol. The van der Waals surface area contributed by atoms with Crippen LogP contribution >= 0.6 is 11.6 Å². The molecular formula is C7H11ClN2. The van der Waals surface area contributed by atoms with Crippen LogP contribution in [0.25, 0.3) is 0 Å². The maximum absolute atomic E-state index is 5.78. The molecule has 0 amide bonds. The Morgan fingerprint density at radius 2 is 2.50 bits per heavy atom. The van der Waals surface area contributed by atoms with Gasteiger partial charge in [-0.05, 0) is 12.8 Å². The van der Waals surface area contributed by atoms with E-state index in [2.05, 4.69) is 17.1 Å². The van der Waals surface area contributed by atoms with Gasteiger partial charge < -0.3 is 0 Å². The van der Waals surface area contributed by atoms with Crippen LogP contribution in [0.3, 0.4) is 0 Å². The lowest BCUT2D eigenvalue weighted by Gasteiger charge is -1.93. The number of nitrogens with zero attached hydrogens (tertiary/aromatic N) is 1. The van der Waals surface area contributed by atoms with Gasteiger partial charge in [-0.25, -0.2) is 0 Å². The monoisotopic (exact) mass is 158 g/mol. The van der Waals surface area contributed by atoms with Crippen molar-refractivity contribution >= 4 is 11.6 Å². The van der Waals surface area contributed by atoms with E-state index in [0.29, 0.717) is 0 Å². The van der Waals surface area contributed by atoms with E-state index in [9.17, 15) is 0 Å². The van der Waals surface area contributed by atoms with Crippen LogP contribution in [0.2, 0.25) is 5.02 Å². The Morgan fingerprint density at radius 3 is 3.00 bits per heavy atom. The van der Waals surface area contributed by atoms with E-state index in [1.165, 1.54) is 12.8 Å². The van der Waals surface area contributed by atoms with Crippen LogP contribution in [0.4, 0.5) is 0 Å². The topological polar surface area (TPSA) is 28.7 Å². The molecule has 0 aliphatic heterocycles. The molecule has 0 unspecified atom stereocenters. The Kier molecular flexibility index (Phi) is 2.75. The summed E-state index contributed by atoms with van der Waals surface area (Å²) in [5.74, 6) is 0. The van der Waals surface area contributed by atoms with Crippen molar-refractivity contribution < 1.29 is 0 Å². The minimum Gasteiger partial charge on any atom is -0.281 e. The van der Waals surface area contributed by atoms with Crippen molar-refractivity contribution in [2.75, 3.05) is 0 Å². The quantitative estimate of drug-likeness (QED) is 0.719. The van der Waals surface area contributed by atoms with Gasteiger partial charge in [-0.15, -0.1) is 0 Å². The molecule has 0 spiro atoms. The zero-order valence-corrected chi connectivity index (χ0v) is 6.78. The Morgan fingerprint density at radius 1 is 1.70 bits per heavy atom. The Labute approximate surface area is 65.6 Å². The first-order valence-electron chi connectivity index (χ1n) is 3.52. The van der Waals surface area contributed by atoms with Crippen LogP contribution in [0.15, 0.2) is 6.20 Å². The zero-order valence-electron chi connectivity index (χ0n) is 6.02. The van der Waals surface area contributed by atoms with E-state index in [0.717, 1.165) is 17.1 Å². The number of H-pyrrole nitrogens is 1. The van der Waals surface area contributed by atoms with Crippen LogP contribution in [0.1, 0.15) is 25.5 Å². The first-order chi connectivity index (χ1) is 4.84. The van der Waals surface area contributed by atoms with Crippen molar-refractivity contribution in [3.63, 3.8) is 0 Å². The fraction of sp³-hybridized carbons (Fsp3) is 0.571. The van der Waals surface area contributed by atoms with Gasteiger partial charge in [0.05, 0.1) is 16.9 Å². The number of rotatable bonds is 3. The second kappa shape index (κ2) is 3.62. The SMILES string of the molecule is CCCCc1[nH]ncc1Cl. The van der Waals surface area contributed by atoms with Crippen molar-refractivity contribution in [2.45, 2.75) is 26.2 Å². The first-order valence-corrected chi connectivity index (χ1v) is 3.90. The Bertz CT molecular complexity index is 195. The second-order valence-corrected chi connectivity index (χ2v) is 2.71. The summed E-state index contributed by atoms with van der Waals surface area (Å²) in [4.78, 5) is 0. The predicted molar refractivity (Wildman–Crippen MR) is 42.2 cm³/mol. The van der Waals surface area contributed by atoms with Crippen molar-refractivity contribution in [1.82, 2.24) is 10.2 Å². The van der Waals surface area contributed by atoms with Gasteiger partial charge in [-0.3, -0.25) is 5.10 Å². The highest BCUT2D eigenvalue weighted by Crippen LogP contribution is 2.13. The molecule has 0 saturated carbocycles. The van der Waals surface area contributed by atoms with Crippen LogP contribution < -0.4 is 0 Å². The van der Waals surface area contributed by atoms with Crippen LogP contribution in [-0.2, 0) is 6.42 Å². The average Bonchev–Trinajstić information content (AvgIpc) is 2.31. The van der Waals surface area contributed by atoms with Crippen LogP contribution in [0.5, 0.6) is 0 Å². The minimum absolute atomic E-state index is 0.758. The molecule has 0 fully saturated rings. The van der Waals surface area contributed by atoms with Gasteiger partial charge in [0.1, 0.15) is 0 Å². The van der Waals surface area contributed by atoms with Crippen molar-refractivity contribution in [2.24, 2.45) is 0 Å². The van der Waals surface area contributed by atoms with Gasteiger partial charge in [-0.2, -0.15) is 5.10 Å². The predicted octanol–water partition coefficient (Wildman–Crippen LogP) is 2.41. The minimum atomic E-state index is 0.758. The normalized spacial score (nSPS) is 10.2. The molecular weight excluding hydrogens is 148 g/mol. The number of halogens is 1. The summed E-state index contributed by atoms with van der Waals surface area (Å²) >= 11 is 5.78. The highest BCUT2D eigenvalue weighted by Gasteiger charge is 1.99. The summed E-state index contributed by atoms with van der Waals surface area (Å²) in [6.07, 6.45) is 5.01. The molecule has 10 heavy (non-hydrogen) atoms. The molecule has 0 bridgehead atoms. The highest BCUT2D eigenvalue weighted by atomic mass is 35.5. The number of hydrogen-bond donors (Lipinski definition) is 1. The third kappa shape index (κ3) is 1.74. The summed E-state index contributed by atoms with van der Waals surface area (Å²) in [6.45, 7) is 2.16. The lowest BCUT2D eigenvalue weighted by atomic mass is 10.2. The third-order valence-corrected chi connectivity index (χ3v) is 1.77. The molecule has 3 heteroatoms. The molecule has 1 rings (SSSR count). The molecule has 0 aliphatic rings. The molecule has 0 atom stereocenters. The molecule has 0 radical (unpaired) electrons. The van der Waals surface area contributed by atoms with Gasteiger partial charge >= 0.3 is 0 Å². The molecule has 0 aromatic carbocycles. The standard InChI is InChI=1S/C7H11ClN2/c1-2-3-4-7-6(8)5-9-10-7/h5H,2-4H2,1H3,(H,9,10). The number of unbranched alkanes of at least 4 members (excludes halogenated alkanes) is 1. The number of aryl methyl sites for hydroxylation is 1. The van der Waals surface area contributed by atoms with E-state index in [1.807, 2.05) is 0 Å². The fourth-order valence-electron chi connectivity index (χ4n) is 0.827. The van der Waals surface area contributed by atoms with E-state index in [4.69, 9.17) is 11.6 Å². The molecule has 1 aromatic heterocycles. The summed E-state index contributed by atoms with van der Waals surface area (Å²) in [7, 11) is 0. The van der Waals surface area contributed by atoms with Crippen LogP contribution in [-0.4, -0.2) is 10.2 Å². The van der Waals surface area contributed by atoms with Gasteiger partial charge in [0.25, 0.3) is 0 Å². The summed E-state index contributed by atoms with van der Waals surface area (Å²) in [5.41, 5.74) is 1.06. The molecule has 56 valence electrons. The van der Waals surface area contributed by atoms with E-state index >= 15 is 0 Å². The Hall–Kier alpha value is -0.500. The molecule has 1 N–H and O–H groups in total. The number of aromatic amines is 1. The number of nitrogens with one attached hydrogen (secondary N) is 1. The second-order valence-electron chi connectivity index (χ2n) is 2.30. The van der Waals surface area contributed by atoms with Crippen molar-refractivity contribution in [3.8, 4) is 0 Å². The number of hydrogen-bond acceptors (Lipinski definition) is 1. The van der Waals surface area contributed by atoms with Gasteiger partial charge in [0.15, 0.2) is 0 Å². The molecule has 2 nitrogen and oxygen atoms in total.